The third kappa shape index (κ3) is 3.32. The van der Waals surface area contributed by atoms with Gasteiger partial charge in [-0.2, -0.15) is 0 Å². The maximum absolute atomic E-state index is 12.2. The minimum Gasteiger partial charge on any atom is -0.507 e. The number of phenols is 1. The van der Waals surface area contributed by atoms with E-state index in [1.54, 1.807) is 17.7 Å². The lowest BCUT2D eigenvalue weighted by atomic mass is 9.68. The predicted molar refractivity (Wildman–Crippen MR) is 126 cm³/mol. The summed E-state index contributed by atoms with van der Waals surface area (Å²) in [7, 11) is 0. The minimum absolute atomic E-state index is 0.235. The number of phenolic OH excluding ortho intramolecular Hbond substituents is 1. The highest BCUT2D eigenvalue weighted by atomic mass is 16.4. The Bertz CT molecular complexity index is 1120. The Balaban J connectivity index is 1.37. The van der Waals surface area contributed by atoms with E-state index in [2.05, 4.69) is 22.8 Å². The number of hydrogen-bond acceptors (Lipinski definition) is 5. The molecule has 32 heavy (non-hydrogen) atoms. The van der Waals surface area contributed by atoms with Crippen molar-refractivity contribution >= 4 is 11.0 Å². The average Bonchev–Trinajstić information content (AvgIpc) is 2.80. The van der Waals surface area contributed by atoms with Crippen LogP contribution in [0, 0.1) is 11.8 Å². The highest BCUT2D eigenvalue weighted by molar-refractivity contribution is 5.85. The SMILES string of the molecule is CCc1cc(=O)oc2c(CN3CCCC4=CC5CC(CN6CCCCC56)C43)c(O)ccc12. The molecular weight excluding hydrogens is 400 g/mol. The smallest absolute Gasteiger partial charge is 0.336 e. The van der Waals surface area contributed by atoms with Gasteiger partial charge in [-0.25, -0.2) is 4.79 Å². The largest absolute Gasteiger partial charge is 0.507 e. The Morgan fingerprint density at radius 2 is 2.09 bits per heavy atom. The summed E-state index contributed by atoms with van der Waals surface area (Å²) in [6, 6.07) is 6.45. The fourth-order valence-electron chi connectivity index (χ4n) is 7.25. The molecule has 0 spiro atoms. The topological polar surface area (TPSA) is 56.9 Å². The molecule has 0 radical (unpaired) electrons. The number of nitrogens with zero attached hydrogens (tertiary/aromatic N) is 2. The van der Waals surface area contributed by atoms with Crippen LogP contribution in [-0.2, 0) is 13.0 Å². The molecule has 3 fully saturated rings. The van der Waals surface area contributed by atoms with Crippen LogP contribution in [0.25, 0.3) is 11.0 Å². The van der Waals surface area contributed by atoms with Gasteiger partial charge in [0.1, 0.15) is 11.3 Å². The van der Waals surface area contributed by atoms with E-state index in [0.717, 1.165) is 47.9 Å². The molecule has 4 atom stereocenters. The molecular formula is C27H34N2O3. The lowest BCUT2D eigenvalue weighted by molar-refractivity contribution is -0.00274. The quantitative estimate of drug-likeness (QED) is 0.571. The van der Waals surface area contributed by atoms with E-state index in [-0.39, 0.29) is 11.4 Å². The zero-order valence-electron chi connectivity index (χ0n) is 19.1. The second kappa shape index (κ2) is 8.03. The number of aromatic hydroxyl groups is 1. The molecule has 0 saturated carbocycles. The van der Waals surface area contributed by atoms with E-state index >= 15 is 0 Å². The van der Waals surface area contributed by atoms with Crippen molar-refractivity contribution in [2.24, 2.45) is 11.8 Å². The number of likely N-dealkylation sites (tertiary alicyclic amines) is 1. The number of piperidine rings is 3. The first-order valence-electron chi connectivity index (χ1n) is 12.6. The lowest BCUT2D eigenvalue weighted by Crippen LogP contribution is -2.59. The van der Waals surface area contributed by atoms with Crippen LogP contribution in [-0.4, -0.2) is 46.6 Å². The molecule has 0 amide bonds. The van der Waals surface area contributed by atoms with Crippen LogP contribution in [0.2, 0.25) is 0 Å². The number of fused-ring (bicyclic) bond motifs is 7. The average molecular weight is 435 g/mol. The van der Waals surface area contributed by atoms with Crippen molar-refractivity contribution in [1.82, 2.24) is 9.80 Å². The number of hydrogen-bond donors (Lipinski definition) is 1. The number of aryl methyl sites for hydroxylation is 1. The lowest BCUT2D eigenvalue weighted by Gasteiger charge is -2.54. The molecule has 5 nitrogen and oxygen atoms in total. The summed E-state index contributed by atoms with van der Waals surface area (Å²) >= 11 is 0. The van der Waals surface area contributed by atoms with Gasteiger partial charge in [0.2, 0.25) is 0 Å². The first-order chi connectivity index (χ1) is 15.6. The van der Waals surface area contributed by atoms with Gasteiger partial charge >= 0.3 is 5.63 Å². The maximum atomic E-state index is 12.2. The summed E-state index contributed by atoms with van der Waals surface area (Å²) in [5.41, 5.74) is 3.62. The molecule has 1 aliphatic carbocycles. The summed E-state index contributed by atoms with van der Waals surface area (Å²) in [5, 5.41) is 11.8. The van der Waals surface area contributed by atoms with E-state index < -0.39 is 0 Å². The standard InChI is InChI=1S/C27H34N2O3/c1-2-17-14-25(31)32-27-21(17)8-9-24(30)22(27)16-29-11-5-6-18-12-19-13-20(26(18)29)15-28-10-4-3-7-23(19)28/h8-9,12,14,19-20,23,26,30H,2-7,10-11,13,15-16H2,1H3. The van der Waals surface area contributed by atoms with Gasteiger partial charge in [-0.3, -0.25) is 9.80 Å². The molecule has 1 aromatic carbocycles. The molecule has 6 rings (SSSR count). The van der Waals surface area contributed by atoms with Crippen LogP contribution in [0.1, 0.15) is 56.6 Å². The van der Waals surface area contributed by atoms with Crippen molar-refractivity contribution in [3.05, 3.63) is 51.4 Å². The molecule has 5 heteroatoms. The molecule has 2 aromatic rings. The van der Waals surface area contributed by atoms with Crippen LogP contribution in [0.5, 0.6) is 5.75 Å². The summed E-state index contributed by atoms with van der Waals surface area (Å²) < 4.78 is 5.68. The molecule has 1 N–H and O–H groups in total. The van der Waals surface area contributed by atoms with Crippen molar-refractivity contribution < 1.29 is 9.52 Å². The Labute approximate surface area is 189 Å². The van der Waals surface area contributed by atoms with E-state index in [9.17, 15) is 9.90 Å². The Morgan fingerprint density at radius 3 is 2.97 bits per heavy atom. The second-order valence-corrected chi connectivity index (χ2v) is 10.4. The van der Waals surface area contributed by atoms with Crippen molar-refractivity contribution in [2.45, 2.75) is 70.5 Å². The highest BCUT2D eigenvalue weighted by Gasteiger charge is 2.46. The third-order valence-electron chi connectivity index (χ3n) is 8.58. The van der Waals surface area contributed by atoms with Crippen molar-refractivity contribution in [3.63, 3.8) is 0 Å². The van der Waals surface area contributed by atoms with Gasteiger partial charge in [0.15, 0.2) is 0 Å². The van der Waals surface area contributed by atoms with Crippen molar-refractivity contribution in [1.29, 1.82) is 0 Å². The van der Waals surface area contributed by atoms with Gasteiger partial charge in [-0.1, -0.05) is 25.0 Å². The number of benzene rings is 1. The van der Waals surface area contributed by atoms with Crippen LogP contribution in [0.15, 0.2) is 39.1 Å². The zero-order valence-corrected chi connectivity index (χ0v) is 19.1. The normalized spacial score (nSPS) is 30.6. The number of rotatable bonds is 3. The second-order valence-electron chi connectivity index (χ2n) is 10.4. The van der Waals surface area contributed by atoms with Crippen LogP contribution in [0.4, 0.5) is 0 Å². The first kappa shape index (κ1) is 20.5. The predicted octanol–water partition coefficient (Wildman–Crippen LogP) is 4.46. The summed E-state index contributed by atoms with van der Waals surface area (Å²) in [6.07, 6.45) is 11.1. The van der Waals surface area contributed by atoms with Gasteiger partial charge in [0.05, 0.1) is 5.56 Å². The zero-order chi connectivity index (χ0) is 21.8. The fourth-order valence-corrected chi connectivity index (χ4v) is 7.25. The Hall–Kier alpha value is -2.11. The molecule has 3 saturated heterocycles. The van der Waals surface area contributed by atoms with Gasteiger partial charge < -0.3 is 9.52 Å². The third-order valence-corrected chi connectivity index (χ3v) is 8.58. The maximum Gasteiger partial charge on any atom is 0.336 e. The molecule has 4 heterocycles. The van der Waals surface area contributed by atoms with E-state index in [1.165, 1.54) is 45.2 Å². The molecule has 1 aromatic heterocycles. The Morgan fingerprint density at radius 1 is 1.19 bits per heavy atom. The van der Waals surface area contributed by atoms with Gasteiger partial charge in [-0.05, 0) is 81.1 Å². The van der Waals surface area contributed by atoms with E-state index in [4.69, 9.17) is 4.42 Å². The van der Waals surface area contributed by atoms with Crippen LogP contribution in [0.3, 0.4) is 0 Å². The van der Waals surface area contributed by atoms with Gasteiger partial charge in [0.25, 0.3) is 0 Å². The molecule has 4 unspecified atom stereocenters. The van der Waals surface area contributed by atoms with Gasteiger partial charge in [-0.15, -0.1) is 0 Å². The summed E-state index contributed by atoms with van der Waals surface area (Å²) in [5.74, 6) is 1.61. The Kier molecular flexibility index (Phi) is 5.14. The first-order valence-corrected chi connectivity index (χ1v) is 12.6. The molecule has 2 bridgehead atoms. The van der Waals surface area contributed by atoms with Crippen LogP contribution >= 0.6 is 0 Å². The molecule has 4 aliphatic rings. The highest BCUT2D eigenvalue weighted by Crippen LogP contribution is 2.45. The van der Waals surface area contributed by atoms with Crippen LogP contribution < -0.4 is 5.63 Å². The molecule has 170 valence electrons. The monoisotopic (exact) mass is 434 g/mol. The summed E-state index contributed by atoms with van der Waals surface area (Å²) in [4.78, 5) is 17.6. The van der Waals surface area contributed by atoms with Crippen molar-refractivity contribution in [2.75, 3.05) is 19.6 Å². The fraction of sp³-hybridized carbons (Fsp3) is 0.593. The van der Waals surface area contributed by atoms with Crippen molar-refractivity contribution in [3.8, 4) is 5.75 Å². The minimum atomic E-state index is -0.329. The van der Waals surface area contributed by atoms with E-state index in [0.29, 0.717) is 24.1 Å². The molecule has 3 aliphatic heterocycles. The van der Waals surface area contributed by atoms with E-state index in [1.807, 2.05) is 6.07 Å². The summed E-state index contributed by atoms with van der Waals surface area (Å²) in [6.45, 7) is 6.17. The van der Waals surface area contributed by atoms with Gasteiger partial charge in [0, 0.05) is 36.6 Å².